The third-order valence-corrected chi connectivity index (χ3v) is 3.31. The molecule has 0 aliphatic carbocycles. The van der Waals surface area contributed by atoms with Crippen molar-refractivity contribution in [3.63, 3.8) is 0 Å². The Labute approximate surface area is 123 Å². The Morgan fingerprint density at radius 2 is 1.95 bits per heavy atom. The van der Waals surface area contributed by atoms with Crippen molar-refractivity contribution >= 4 is 50.6 Å². The van der Waals surface area contributed by atoms with Gasteiger partial charge in [0.15, 0.2) is 0 Å². The molecule has 0 heterocycles. The quantitative estimate of drug-likeness (QED) is 0.734. The maximum absolute atomic E-state index is 10.9. The van der Waals surface area contributed by atoms with Crippen molar-refractivity contribution in [2.75, 3.05) is 11.1 Å². The number of nitrogen functional groups attached to an aromatic ring is 1. The van der Waals surface area contributed by atoms with Gasteiger partial charge in [0.2, 0.25) is 0 Å². The fourth-order valence-corrected chi connectivity index (χ4v) is 2.25. The van der Waals surface area contributed by atoms with Crippen LogP contribution >= 0.6 is 27.5 Å². The molecule has 0 aliphatic rings. The molecule has 6 heteroatoms. The molecule has 0 amide bonds. The lowest BCUT2D eigenvalue weighted by Crippen LogP contribution is -2.01. The molecule has 0 bridgehead atoms. The third kappa shape index (κ3) is 3.19. The molecule has 0 atom stereocenters. The maximum Gasteiger partial charge on any atom is 0.335 e. The van der Waals surface area contributed by atoms with Crippen LogP contribution in [0.3, 0.4) is 0 Å². The molecule has 0 saturated heterocycles. The molecule has 0 radical (unpaired) electrons. The minimum absolute atomic E-state index is 0.157. The van der Waals surface area contributed by atoms with Gasteiger partial charge in [0.25, 0.3) is 0 Å². The molecule has 0 saturated carbocycles. The van der Waals surface area contributed by atoms with Crippen LogP contribution in [0.25, 0.3) is 0 Å². The Morgan fingerprint density at radius 1 is 1.21 bits per heavy atom. The first-order valence-electron chi connectivity index (χ1n) is 5.32. The molecular weight excluding hydrogens is 332 g/mol. The predicted molar refractivity (Wildman–Crippen MR) is 80.2 cm³/mol. The van der Waals surface area contributed by atoms with Crippen molar-refractivity contribution in [2.24, 2.45) is 0 Å². The first kappa shape index (κ1) is 13.7. The van der Waals surface area contributed by atoms with E-state index in [9.17, 15) is 4.79 Å². The van der Waals surface area contributed by atoms with E-state index in [-0.39, 0.29) is 5.56 Å². The van der Waals surface area contributed by atoms with E-state index in [2.05, 4.69) is 21.2 Å². The Bertz CT molecular complexity index is 647. The zero-order valence-electron chi connectivity index (χ0n) is 9.65. The van der Waals surface area contributed by atoms with E-state index in [1.165, 1.54) is 12.1 Å². The number of benzene rings is 2. The third-order valence-electron chi connectivity index (χ3n) is 2.50. The number of carboxylic acids is 1. The highest BCUT2D eigenvalue weighted by Gasteiger charge is 2.08. The summed E-state index contributed by atoms with van der Waals surface area (Å²) < 4.78 is 0.857. The van der Waals surface area contributed by atoms with Crippen molar-refractivity contribution in [3.8, 4) is 0 Å². The van der Waals surface area contributed by atoms with Crippen LogP contribution in [0.2, 0.25) is 5.02 Å². The van der Waals surface area contributed by atoms with Gasteiger partial charge >= 0.3 is 5.97 Å². The van der Waals surface area contributed by atoms with Crippen LogP contribution in [0.4, 0.5) is 17.1 Å². The predicted octanol–water partition coefficient (Wildman–Crippen LogP) is 4.13. The van der Waals surface area contributed by atoms with Crippen LogP contribution in [0.5, 0.6) is 0 Å². The molecule has 19 heavy (non-hydrogen) atoms. The summed E-state index contributed by atoms with van der Waals surface area (Å²) in [7, 11) is 0. The van der Waals surface area contributed by atoms with E-state index in [0.717, 1.165) is 4.47 Å². The van der Waals surface area contributed by atoms with Gasteiger partial charge in [-0.3, -0.25) is 0 Å². The summed E-state index contributed by atoms with van der Waals surface area (Å²) in [5.74, 6) is -1.01. The number of carboxylic acid groups (broad SMARTS) is 1. The lowest BCUT2D eigenvalue weighted by Gasteiger charge is -2.11. The first-order valence-corrected chi connectivity index (χ1v) is 6.49. The smallest absolute Gasteiger partial charge is 0.335 e. The summed E-state index contributed by atoms with van der Waals surface area (Å²) in [6.45, 7) is 0. The number of hydrogen-bond acceptors (Lipinski definition) is 3. The highest BCUT2D eigenvalue weighted by molar-refractivity contribution is 9.10. The van der Waals surface area contributed by atoms with Gasteiger partial charge in [-0.1, -0.05) is 27.5 Å². The second-order valence-electron chi connectivity index (χ2n) is 3.86. The highest BCUT2D eigenvalue weighted by Crippen LogP contribution is 2.31. The Kier molecular flexibility index (Phi) is 3.97. The SMILES string of the molecule is Nc1ccc(C(=O)O)cc1Nc1ccc(Br)cc1Cl. The molecule has 2 aromatic rings. The number of aromatic carboxylic acids is 1. The van der Waals surface area contributed by atoms with Gasteiger partial charge in [0.05, 0.1) is 27.6 Å². The van der Waals surface area contributed by atoms with Crippen LogP contribution in [-0.4, -0.2) is 11.1 Å². The van der Waals surface area contributed by atoms with Gasteiger partial charge in [-0.2, -0.15) is 0 Å². The highest BCUT2D eigenvalue weighted by atomic mass is 79.9. The Balaban J connectivity index is 2.37. The largest absolute Gasteiger partial charge is 0.478 e. The van der Waals surface area contributed by atoms with Crippen LogP contribution in [0, 0.1) is 0 Å². The standard InChI is InChI=1S/C13H10BrClN2O2/c14-8-2-4-11(9(15)6-8)17-12-5-7(13(18)19)1-3-10(12)16/h1-6,17H,16H2,(H,18,19). The molecule has 2 aromatic carbocycles. The number of rotatable bonds is 3. The van der Waals surface area contributed by atoms with E-state index in [0.29, 0.717) is 22.1 Å². The number of halogens is 2. The number of nitrogens with one attached hydrogen (secondary N) is 1. The van der Waals surface area contributed by atoms with Gasteiger partial charge in [-0.05, 0) is 36.4 Å². The second kappa shape index (κ2) is 5.50. The van der Waals surface area contributed by atoms with Gasteiger partial charge in [0, 0.05) is 4.47 Å². The van der Waals surface area contributed by atoms with Crippen molar-refractivity contribution in [2.45, 2.75) is 0 Å². The zero-order chi connectivity index (χ0) is 14.0. The van der Waals surface area contributed by atoms with E-state index >= 15 is 0 Å². The normalized spacial score (nSPS) is 10.2. The van der Waals surface area contributed by atoms with Gasteiger partial charge < -0.3 is 16.2 Å². The van der Waals surface area contributed by atoms with Crippen LogP contribution < -0.4 is 11.1 Å². The Hall–Kier alpha value is -1.72. The number of carbonyl (C=O) groups is 1. The molecule has 4 N–H and O–H groups in total. The van der Waals surface area contributed by atoms with Crippen molar-refractivity contribution in [1.82, 2.24) is 0 Å². The molecule has 0 spiro atoms. The minimum atomic E-state index is -1.01. The van der Waals surface area contributed by atoms with E-state index in [1.54, 1.807) is 18.2 Å². The van der Waals surface area contributed by atoms with Crippen LogP contribution in [0.15, 0.2) is 40.9 Å². The molecule has 4 nitrogen and oxygen atoms in total. The Morgan fingerprint density at radius 3 is 2.58 bits per heavy atom. The molecule has 0 aromatic heterocycles. The summed E-state index contributed by atoms with van der Waals surface area (Å²) in [5, 5.41) is 12.5. The van der Waals surface area contributed by atoms with Gasteiger partial charge in [-0.25, -0.2) is 4.79 Å². The first-order chi connectivity index (χ1) is 8.97. The molecule has 0 fully saturated rings. The lowest BCUT2D eigenvalue weighted by atomic mass is 10.1. The van der Waals surface area contributed by atoms with Crippen LogP contribution in [-0.2, 0) is 0 Å². The van der Waals surface area contributed by atoms with E-state index in [4.69, 9.17) is 22.4 Å². The molecule has 2 rings (SSSR count). The van der Waals surface area contributed by atoms with Crippen LogP contribution in [0.1, 0.15) is 10.4 Å². The average Bonchev–Trinajstić information content (AvgIpc) is 2.34. The maximum atomic E-state index is 10.9. The zero-order valence-corrected chi connectivity index (χ0v) is 12.0. The number of anilines is 3. The van der Waals surface area contributed by atoms with Crippen molar-refractivity contribution in [3.05, 3.63) is 51.5 Å². The minimum Gasteiger partial charge on any atom is -0.478 e. The second-order valence-corrected chi connectivity index (χ2v) is 5.18. The van der Waals surface area contributed by atoms with Gasteiger partial charge in [0.1, 0.15) is 0 Å². The summed E-state index contributed by atoms with van der Waals surface area (Å²) in [6.07, 6.45) is 0. The summed E-state index contributed by atoms with van der Waals surface area (Å²) >= 11 is 9.40. The topological polar surface area (TPSA) is 75.4 Å². The molecule has 0 unspecified atom stereocenters. The lowest BCUT2D eigenvalue weighted by molar-refractivity contribution is 0.0697. The summed E-state index contributed by atoms with van der Waals surface area (Å²) in [4.78, 5) is 10.9. The fourth-order valence-electron chi connectivity index (χ4n) is 1.53. The summed E-state index contributed by atoms with van der Waals surface area (Å²) in [5.41, 5.74) is 7.57. The molecule has 0 aliphatic heterocycles. The van der Waals surface area contributed by atoms with E-state index < -0.39 is 5.97 Å². The molecule has 98 valence electrons. The van der Waals surface area contributed by atoms with Gasteiger partial charge in [-0.15, -0.1) is 0 Å². The molecular formula is C13H10BrClN2O2. The number of nitrogens with two attached hydrogens (primary N) is 1. The number of hydrogen-bond donors (Lipinski definition) is 3. The fraction of sp³-hybridized carbons (Fsp3) is 0. The van der Waals surface area contributed by atoms with E-state index in [1.807, 2.05) is 6.07 Å². The summed E-state index contributed by atoms with van der Waals surface area (Å²) in [6, 6.07) is 9.80. The monoisotopic (exact) mass is 340 g/mol. The van der Waals surface area contributed by atoms with Crippen molar-refractivity contribution < 1.29 is 9.90 Å². The van der Waals surface area contributed by atoms with Crippen molar-refractivity contribution in [1.29, 1.82) is 0 Å². The average molecular weight is 342 g/mol.